The highest BCUT2D eigenvalue weighted by Crippen LogP contribution is 1.97. The smallest absolute Gasteiger partial charge is 0.108 e. The first-order valence-corrected chi connectivity index (χ1v) is 5.59. The summed E-state index contributed by atoms with van der Waals surface area (Å²) < 4.78 is 2.22. The molecule has 0 aromatic carbocycles. The first kappa shape index (κ1) is 11.2. The average molecular weight is 195 g/mol. The van der Waals surface area contributed by atoms with Gasteiger partial charge in [0.2, 0.25) is 0 Å². The molecule has 0 aliphatic rings. The van der Waals surface area contributed by atoms with Crippen molar-refractivity contribution in [2.45, 2.75) is 39.7 Å². The van der Waals surface area contributed by atoms with Gasteiger partial charge in [-0.3, -0.25) is 0 Å². The lowest BCUT2D eigenvalue weighted by molar-refractivity contribution is 0.567. The summed E-state index contributed by atoms with van der Waals surface area (Å²) in [4.78, 5) is 4.28. The molecule has 0 unspecified atom stereocenters. The molecule has 14 heavy (non-hydrogen) atoms. The minimum Gasteiger partial charge on any atom is -0.334 e. The monoisotopic (exact) mass is 195 g/mol. The van der Waals surface area contributed by atoms with Crippen LogP contribution in [0.15, 0.2) is 12.4 Å². The van der Waals surface area contributed by atoms with Gasteiger partial charge in [0.15, 0.2) is 0 Å². The first-order valence-electron chi connectivity index (χ1n) is 5.59. The molecule has 1 rings (SSSR count). The van der Waals surface area contributed by atoms with Gasteiger partial charge in [-0.05, 0) is 13.0 Å². The summed E-state index contributed by atoms with van der Waals surface area (Å²) in [6.45, 7) is 7.57. The summed E-state index contributed by atoms with van der Waals surface area (Å²) in [6, 6.07) is 0. The zero-order chi connectivity index (χ0) is 10.2. The number of nitrogens with one attached hydrogen (secondary N) is 1. The van der Waals surface area contributed by atoms with E-state index in [0.717, 1.165) is 26.1 Å². The molecule has 80 valence electrons. The van der Waals surface area contributed by atoms with E-state index < -0.39 is 0 Å². The molecule has 0 bridgehead atoms. The zero-order valence-corrected chi connectivity index (χ0v) is 9.29. The molecule has 0 saturated heterocycles. The molecule has 0 spiro atoms. The van der Waals surface area contributed by atoms with Crippen LogP contribution in [0.4, 0.5) is 0 Å². The minimum absolute atomic E-state index is 1.02. The summed E-state index contributed by atoms with van der Waals surface area (Å²) in [7, 11) is 0. The quantitative estimate of drug-likeness (QED) is 0.673. The largest absolute Gasteiger partial charge is 0.334 e. The zero-order valence-electron chi connectivity index (χ0n) is 9.29. The van der Waals surface area contributed by atoms with E-state index in [-0.39, 0.29) is 0 Å². The van der Waals surface area contributed by atoms with Gasteiger partial charge >= 0.3 is 0 Å². The summed E-state index contributed by atoms with van der Waals surface area (Å²) in [5.41, 5.74) is 0. The Morgan fingerprint density at radius 1 is 1.36 bits per heavy atom. The van der Waals surface area contributed by atoms with Gasteiger partial charge in [0.1, 0.15) is 5.82 Å². The van der Waals surface area contributed by atoms with Crippen LogP contribution in [0.5, 0.6) is 0 Å². The molecule has 3 nitrogen and oxygen atoms in total. The third kappa shape index (κ3) is 3.50. The van der Waals surface area contributed by atoms with Crippen LogP contribution in [0.2, 0.25) is 0 Å². The minimum atomic E-state index is 1.02. The van der Waals surface area contributed by atoms with E-state index in [0.29, 0.717) is 0 Å². The second-order valence-electron chi connectivity index (χ2n) is 3.49. The second-order valence-corrected chi connectivity index (χ2v) is 3.49. The van der Waals surface area contributed by atoms with Crippen molar-refractivity contribution in [3.8, 4) is 0 Å². The van der Waals surface area contributed by atoms with E-state index in [4.69, 9.17) is 0 Å². The number of hydrogen-bond donors (Lipinski definition) is 1. The van der Waals surface area contributed by atoms with E-state index in [1.165, 1.54) is 18.7 Å². The highest BCUT2D eigenvalue weighted by atomic mass is 15.1. The van der Waals surface area contributed by atoms with Crippen molar-refractivity contribution in [1.29, 1.82) is 0 Å². The lowest BCUT2D eigenvalue weighted by atomic mass is 10.3. The fourth-order valence-electron chi connectivity index (χ4n) is 1.48. The van der Waals surface area contributed by atoms with Crippen LogP contribution in [-0.2, 0) is 13.0 Å². The Bertz CT molecular complexity index is 242. The average Bonchev–Trinajstić information content (AvgIpc) is 2.65. The summed E-state index contributed by atoms with van der Waals surface area (Å²) in [6.07, 6.45) is 7.48. The van der Waals surface area contributed by atoms with Crippen molar-refractivity contribution in [2.24, 2.45) is 0 Å². The molecule has 0 aliphatic carbocycles. The van der Waals surface area contributed by atoms with Crippen molar-refractivity contribution in [2.75, 3.05) is 13.1 Å². The molecule has 0 atom stereocenters. The third-order valence-corrected chi connectivity index (χ3v) is 2.35. The van der Waals surface area contributed by atoms with E-state index in [9.17, 15) is 0 Å². The Morgan fingerprint density at radius 3 is 2.93 bits per heavy atom. The topological polar surface area (TPSA) is 29.9 Å². The number of aryl methyl sites for hydroxylation is 1. The molecule has 1 aromatic heterocycles. The molecule has 1 N–H and O–H groups in total. The number of rotatable bonds is 7. The molecule has 1 aromatic rings. The van der Waals surface area contributed by atoms with Gasteiger partial charge in [0, 0.05) is 31.9 Å². The van der Waals surface area contributed by atoms with Crippen molar-refractivity contribution >= 4 is 0 Å². The molecule has 0 aliphatic heterocycles. The number of unbranched alkanes of at least 4 members (excludes halogenated alkanes) is 1. The summed E-state index contributed by atoms with van der Waals surface area (Å²) in [5, 5.41) is 3.43. The van der Waals surface area contributed by atoms with Crippen LogP contribution >= 0.6 is 0 Å². The van der Waals surface area contributed by atoms with Gasteiger partial charge in [-0.2, -0.15) is 0 Å². The van der Waals surface area contributed by atoms with Crippen molar-refractivity contribution in [3.05, 3.63) is 18.2 Å². The number of aromatic nitrogens is 2. The Labute approximate surface area is 86.5 Å². The van der Waals surface area contributed by atoms with Crippen LogP contribution in [0.25, 0.3) is 0 Å². The summed E-state index contributed by atoms with van der Waals surface area (Å²) in [5.74, 6) is 1.18. The lowest BCUT2D eigenvalue weighted by Crippen LogP contribution is -2.21. The lowest BCUT2D eigenvalue weighted by Gasteiger charge is -2.07. The molecular formula is C11H21N3. The maximum atomic E-state index is 4.28. The molecule has 0 fully saturated rings. The Morgan fingerprint density at radius 2 is 2.21 bits per heavy atom. The van der Waals surface area contributed by atoms with Gasteiger partial charge in [-0.15, -0.1) is 0 Å². The Kier molecular flexibility index (Phi) is 5.30. The van der Waals surface area contributed by atoms with E-state index >= 15 is 0 Å². The second kappa shape index (κ2) is 6.60. The van der Waals surface area contributed by atoms with Crippen LogP contribution in [0.1, 0.15) is 32.5 Å². The molecule has 3 heteroatoms. The van der Waals surface area contributed by atoms with Crippen molar-refractivity contribution in [1.82, 2.24) is 14.9 Å². The van der Waals surface area contributed by atoms with Gasteiger partial charge in [0.25, 0.3) is 0 Å². The molecule has 1 heterocycles. The maximum Gasteiger partial charge on any atom is 0.108 e. The fraction of sp³-hybridized carbons (Fsp3) is 0.727. The van der Waals surface area contributed by atoms with Crippen LogP contribution in [-0.4, -0.2) is 22.6 Å². The summed E-state index contributed by atoms with van der Waals surface area (Å²) >= 11 is 0. The van der Waals surface area contributed by atoms with Crippen LogP contribution in [0.3, 0.4) is 0 Å². The highest BCUT2D eigenvalue weighted by Gasteiger charge is 1.98. The van der Waals surface area contributed by atoms with Crippen molar-refractivity contribution in [3.63, 3.8) is 0 Å². The van der Waals surface area contributed by atoms with Gasteiger partial charge < -0.3 is 9.88 Å². The Balaban J connectivity index is 2.17. The number of nitrogens with zero attached hydrogens (tertiary/aromatic N) is 2. The number of imidazole rings is 1. The van der Waals surface area contributed by atoms with E-state index in [1.807, 2.05) is 6.20 Å². The van der Waals surface area contributed by atoms with Crippen LogP contribution < -0.4 is 5.32 Å². The molecule has 0 radical (unpaired) electrons. The maximum absolute atomic E-state index is 4.28. The van der Waals surface area contributed by atoms with Crippen molar-refractivity contribution < 1.29 is 0 Å². The fourth-order valence-corrected chi connectivity index (χ4v) is 1.48. The molecule has 0 amide bonds. The van der Waals surface area contributed by atoms with Gasteiger partial charge in [-0.1, -0.05) is 20.3 Å². The molecule has 0 saturated carbocycles. The van der Waals surface area contributed by atoms with Gasteiger partial charge in [-0.25, -0.2) is 4.98 Å². The predicted octanol–water partition coefficient (Wildman–Crippen LogP) is 1.84. The predicted molar refractivity (Wildman–Crippen MR) is 59.4 cm³/mol. The Hall–Kier alpha value is -0.830. The standard InChI is InChI=1S/C11H21N3/c1-3-5-6-12-7-9-14-10-8-13-11(14)4-2/h8,10,12H,3-7,9H2,1-2H3. The van der Waals surface area contributed by atoms with E-state index in [1.54, 1.807) is 0 Å². The van der Waals surface area contributed by atoms with Gasteiger partial charge in [0.05, 0.1) is 0 Å². The molecular weight excluding hydrogens is 174 g/mol. The normalized spacial score (nSPS) is 10.7. The van der Waals surface area contributed by atoms with E-state index in [2.05, 4.69) is 34.9 Å². The first-order chi connectivity index (χ1) is 6.88. The van der Waals surface area contributed by atoms with Crippen LogP contribution in [0, 0.1) is 0 Å². The SMILES string of the molecule is CCCCNCCn1ccnc1CC. The number of hydrogen-bond acceptors (Lipinski definition) is 2. The highest BCUT2D eigenvalue weighted by molar-refractivity contribution is 4.91. The third-order valence-electron chi connectivity index (χ3n) is 2.35.